The number of primary amides is 1. The fourth-order valence-electron chi connectivity index (χ4n) is 1.79. The third kappa shape index (κ3) is 1.09. The first-order chi connectivity index (χ1) is 5.77. The van der Waals surface area contributed by atoms with E-state index in [-0.39, 0.29) is 0 Å². The van der Waals surface area contributed by atoms with Gasteiger partial charge in [0, 0.05) is 11.6 Å². The maximum absolute atomic E-state index is 10.3. The van der Waals surface area contributed by atoms with Crippen LogP contribution in [0.5, 0.6) is 0 Å². The summed E-state index contributed by atoms with van der Waals surface area (Å²) in [6.45, 7) is 0. The molecule has 3 N–H and O–H groups in total. The number of carbonyl (C=O) groups excluding carboxylic acids is 1. The number of fused-ring (bicyclic) bond motifs is 1. The van der Waals surface area contributed by atoms with Gasteiger partial charge in [-0.3, -0.25) is 0 Å². The maximum Gasteiger partial charge on any atom is 0.332 e. The lowest BCUT2D eigenvalue weighted by atomic mass is 9.74. The van der Waals surface area contributed by atoms with Gasteiger partial charge in [0.05, 0.1) is 0 Å². The van der Waals surface area contributed by atoms with Crippen LogP contribution in [0.25, 0.3) is 0 Å². The zero-order chi connectivity index (χ0) is 8.55. The molecule has 4 nitrogen and oxygen atoms in total. The molecule has 0 radical (unpaired) electrons. The molecule has 1 saturated carbocycles. The minimum atomic E-state index is -0.586. The van der Waals surface area contributed by atoms with Gasteiger partial charge in [0.25, 0.3) is 0 Å². The zero-order valence-corrected chi connectivity index (χ0v) is 6.66. The lowest BCUT2D eigenvalue weighted by Gasteiger charge is -2.31. The Labute approximate surface area is 70.5 Å². The molecule has 0 aromatic rings. The van der Waals surface area contributed by atoms with E-state index >= 15 is 0 Å². The van der Waals surface area contributed by atoms with Crippen molar-refractivity contribution < 1.29 is 4.79 Å². The second-order valence-corrected chi connectivity index (χ2v) is 3.22. The number of hydrogen-bond acceptors (Lipinski definition) is 2. The molecule has 2 aliphatic carbocycles. The first-order valence-corrected chi connectivity index (χ1v) is 4.06. The predicted molar refractivity (Wildman–Crippen MR) is 45.5 cm³/mol. The average Bonchev–Trinajstić information content (AvgIpc) is 2.32. The fraction of sp³-hybridized carbons (Fsp3) is 0.500. The Morgan fingerprint density at radius 2 is 2.58 bits per heavy atom. The Morgan fingerprint density at radius 3 is 3.25 bits per heavy atom. The van der Waals surface area contributed by atoms with Gasteiger partial charge in [0.15, 0.2) is 0 Å². The number of nitrogens with zero attached hydrogens (tertiary/aromatic N) is 1. The third-order valence-corrected chi connectivity index (χ3v) is 2.47. The second kappa shape index (κ2) is 2.62. The van der Waals surface area contributed by atoms with Crippen molar-refractivity contribution in [1.29, 1.82) is 0 Å². The van der Waals surface area contributed by atoms with Gasteiger partial charge in [-0.25, -0.2) is 10.2 Å². The van der Waals surface area contributed by atoms with Crippen molar-refractivity contribution in [2.75, 3.05) is 0 Å². The van der Waals surface area contributed by atoms with Gasteiger partial charge in [-0.2, -0.15) is 5.10 Å². The van der Waals surface area contributed by atoms with Crippen LogP contribution in [0, 0.1) is 11.8 Å². The van der Waals surface area contributed by atoms with Gasteiger partial charge in [-0.15, -0.1) is 0 Å². The molecule has 1 fully saturated rings. The predicted octanol–water partition coefficient (Wildman–Crippen LogP) is 0.607. The van der Waals surface area contributed by atoms with Crippen LogP contribution >= 0.6 is 0 Å². The molecule has 0 heterocycles. The van der Waals surface area contributed by atoms with Crippen LogP contribution in [0.15, 0.2) is 17.3 Å². The lowest BCUT2D eigenvalue weighted by molar-refractivity contribution is 0.249. The van der Waals surface area contributed by atoms with Crippen molar-refractivity contribution in [3.8, 4) is 0 Å². The Bertz CT molecular complexity index is 269. The number of hydrogen-bond donors (Lipinski definition) is 2. The van der Waals surface area contributed by atoms with Crippen LogP contribution in [-0.2, 0) is 0 Å². The Hall–Kier alpha value is -1.32. The molecule has 0 aromatic carbocycles. The lowest BCUT2D eigenvalue weighted by Crippen LogP contribution is -2.36. The normalized spacial score (nSPS) is 34.5. The highest BCUT2D eigenvalue weighted by Crippen LogP contribution is 2.39. The van der Waals surface area contributed by atoms with Gasteiger partial charge < -0.3 is 5.73 Å². The fourth-order valence-corrected chi connectivity index (χ4v) is 1.79. The number of hydrazone groups is 1. The highest BCUT2D eigenvalue weighted by Gasteiger charge is 2.37. The van der Waals surface area contributed by atoms with Crippen molar-refractivity contribution >= 4 is 11.7 Å². The standard InChI is InChI=1S/C8H11N3O/c9-8(12)11-10-7-4-5-2-1-3-6(5)7/h1-2,5-6H,3-4H2,(H3,9,11,12)/b10-7-/t5-,6+/m0/s1. The van der Waals surface area contributed by atoms with Crippen LogP contribution < -0.4 is 11.2 Å². The molecule has 2 aliphatic rings. The van der Waals surface area contributed by atoms with E-state index in [9.17, 15) is 4.79 Å². The Balaban J connectivity index is 1.92. The summed E-state index contributed by atoms with van der Waals surface area (Å²) >= 11 is 0. The van der Waals surface area contributed by atoms with Gasteiger partial charge in [0.2, 0.25) is 0 Å². The summed E-state index contributed by atoms with van der Waals surface area (Å²) in [7, 11) is 0. The van der Waals surface area contributed by atoms with E-state index in [0.29, 0.717) is 11.8 Å². The molecule has 12 heavy (non-hydrogen) atoms. The highest BCUT2D eigenvalue weighted by atomic mass is 16.2. The van der Waals surface area contributed by atoms with E-state index in [1.54, 1.807) is 0 Å². The van der Waals surface area contributed by atoms with Crippen LogP contribution in [0.2, 0.25) is 0 Å². The maximum atomic E-state index is 10.3. The highest BCUT2D eigenvalue weighted by molar-refractivity contribution is 5.94. The SMILES string of the molecule is NC(=O)N/N=C1/C[C@@H]2C=CC[C@@H]12. The number of urea groups is 1. The zero-order valence-electron chi connectivity index (χ0n) is 6.66. The van der Waals surface area contributed by atoms with Crippen LogP contribution in [0.1, 0.15) is 12.8 Å². The van der Waals surface area contributed by atoms with Crippen LogP contribution in [0.4, 0.5) is 4.79 Å². The van der Waals surface area contributed by atoms with Crippen LogP contribution in [-0.4, -0.2) is 11.7 Å². The van der Waals surface area contributed by atoms with Gasteiger partial charge >= 0.3 is 6.03 Å². The average molecular weight is 165 g/mol. The van der Waals surface area contributed by atoms with Crippen molar-refractivity contribution in [2.24, 2.45) is 22.7 Å². The first-order valence-electron chi connectivity index (χ1n) is 4.06. The molecule has 4 heteroatoms. The van der Waals surface area contributed by atoms with Crippen molar-refractivity contribution in [3.63, 3.8) is 0 Å². The largest absolute Gasteiger partial charge is 0.350 e. The van der Waals surface area contributed by atoms with E-state index in [2.05, 4.69) is 22.7 Å². The molecule has 64 valence electrons. The topological polar surface area (TPSA) is 67.5 Å². The van der Waals surface area contributed by atoms with Crippen LogP contribution in [0.3, 0.4) is 0 Å². The minimum Gasteiger partial charge on any atom is -0.350 e. The molecular weight excluding hydrogens is 154 g/mol. The van der Waals surface area contributed by atoms with Crippen molar-refractivity contribution in [1.82, 2.24) is 5.43 Å². The summed E-state index contributed by atoms with van der Waals surface area (Å²) in [4.78, 5) is 10.3. The van der Waals surface area contributed by atoms with Gasteiger partial charge in [-0.05, 0) is 18.8 Å². The van der Waals surface area contributed by atoms with E-state index in [0.717, 1.165) is 18.6 Å². The molecule has 2 rings (SSSR count). The number of allylic oxidation sites excluding steroid dienone is 2. The summed E-state index contributed by atoms with van der Waals surface area (Å²) in [5, 5.41) is 3.92. The molecule has 0 unspecified atom stereocenters. The number of nitrogens with two attached hydrogens (primary N) is 1. The monoisotopic (exact) mass is 165 g/mol. The first kappa shape index (κ1) is 7.34. The summed E-state index contributed by atoms with van der Waals surface area (Å²) in [6, 6.07) is -0.586. The molecular formula is C8H11N3O. The smallest absolute Gasteiger partial charge is 0.332 e. The van der Waals surface area contributed by atoms with E-state index in [4.69, 9.17) is 5.73 Å². The summed E-state index contributed by atoms with van der Waals surface area (Å²) < 4.78 is 0. The summed E-state index contributed by atoms with van der Waals surface area (Å²) in [6.07, 6.45) is 6.42. The van der Waals surface area contributed by atoms with E-state index in [1.807, 2.05) is 0 Å². The summed E-state index contributed by atoms with van der Waals surface area (Å²) in [5.74, 6) is 1.20. The Morgan fingerprint density at radius 1 is 1.75 bits per heavy atom. The molecule has 2 atom stereocenters. The third-order valence-electron chi connectivity index (χ3n) is 2.47. The minimum absolute atomic E-state index is 0.539. The molecule has 0 bridgehead atoms. The summed E-state index contributed by atoms with van der Waals surface area (Å²) in [5.41, 5.74) is 8.22. The van der Waals surface area contributed by atoms with E-state index in [1.165, 1.54) is 0 Å². The Kier molecular flexibility index (Phi) is 1.60. The molecule has 0 saturated heterocycles. The number of nitrogens with one attached hydrogen (secondary N) is 1. The molecule has 0 aliphatic heterocycles. The van der Waals surface area contributed by atoms with Crippen molar-refractivity contribution in [3.05, 3.63) is 12.2 Å². The van der Waals surface area contributed by atoms with Gasteiger partial charge in [-0.1, -0.05) is 12.2 Å². The molecule has 0 spiro atoms. The molecule has 2 amide bonds. The van der Waals surface area contributed by atoms with E-state index < -0.39 is 6.03 Å². The second-order valence-electron chi connectivity index (χ2n) is 3.22. The quantitative estimate of drug-likeness (QED) is 0.433. The number of carbonyl (C=O) groups is 1. The number of amides is 2. The number of rotatable bonds is 1. The van der Waals surface area contributed by atoms with Crippen molar-refractivity contribution in [2.45, 2.75) is 12.8 Å². The van der Waals surface area contributed by atoms with Gasteiger partial charge in [0.1, 0.15) is 0 Å². The molecule has 0 aromatic heterocycles.